The fourth-order valence-electron chi connectivity index (χ4n) is 4.54. The third kappa shape index (κ3) is 5.26. The Labute approximate surface area is 211 Å². The molecule has 7 nitrogen and oxygen atoms in total. The molecule has 9 heteroatoms. The standard InChI is InChI=1S/C25H29FN4O3.CH4S/c1-5-13(2)19-18(20-15(4)14(3)8-28-23(20)32)7-6-16-10-29-25(22(26)21(16)19)33-24-17(11-31)9-27-12-30-24;1-2/h9-10,12-14,31H,5-8,11H2,1-4H3,(H,28,32);2H,1H3. The second kappa shape index (κ2) is 11.8. The Balaban J connectivity index is 0.00000167. The first-order valence-corrected chi connectivity index (χ1v) is 12.7. The average Bonchev–Trinajstić information content (AvgIpc) is 2.89. The highest BCUT2D eigenvalue weighted by Gasteiger charge is 2.34. The molecule has 1 amide bonds. The van der Waals surface area contributed by atoms with Crippen molar-refractivity contribution in [2.75, 3.05) is 12.8 Å². The van der Waals surface area contributed by atoms with E-state index in [0.717, 1.165) is 28.7 Å². The van der Waals surface area contributed by atoms with Crippen LogP contribution in [0.4, 0.5) is 4.39 Å². The van der Waals surface area contributed by atoms with Crippen LogP contribution >= 0.6 is 12.6 Å². The maximum Gasteiger partial charge on any atom is 0.258 e. The maximum absolute atomic E-state index is 16.0. The first-order valence-electron chi connectivity index (χ1n) is 11.8. The number of allylic oxidation sites excluding steroid dienone is 1. The number of fused-ring (bicyclic) bond motifs is 1. The zero-order chi connectivity index (χ0) is 25.7. The summed E-state index contributed by atoms with van der Waals surface area (Å²) in [6.45, 7) is 8.47. The molecule has 2 aromatic rings. The molecule has 2 unspecified atom stereocenters. The summed E-state index contributed by atoms with van der Waals surface area (Å²) in [4.78, 5) is 25.0. The normalized spacial score (nSPS) is 18.4. The van der Waals surface area contributed by atoms with Crippen LogP contribution in [0.5, 0.6) is 11.8 Å². The molecule has 35 heavy (non-hydrogen) atoms. The lowest BCUT2D eigenvalue weighted by Gasteiger charge is -2.32. The maximum atomic E-state index is 16.0. The number of hydrogen-bond acceptors (Lipinski definition) is 7. The van der Waals surface area contributed by atoms with E-state index in [9.17, 15) is 9.90 Å². The third-order valence-corrected chi connectivity index (χ3v) is 6.75. The monoisotopic (exact) mass is 500 g/mol. The zero-order valence-electron chi connectivity index (χ0n) is 20.9. The number of rotatable bonds is 6. The van der Waals surface area contributed by atoms with Crippen molar-refractivity contribution in [3.05, 3.63) is 57.9 Å². The molecule has 0 saturated heterocycles. The van der Waals surface area contributed by atoms with Crippen LogP contribution in [0.1, 0.15) is 57.2 Å². The summed E-state index contributed by atoms with van der Waals surface area (Å²) >= 11 is 3.53. The van der Waals surface area contributed by atoms with Crippen LogP contribution in [0.2, 0.25) is 0 Å². The summed E-state index contributed by atoms with van der Waals surface area (Å²) < 4.78 is 21.7. The summed E-state index contributed by atoms with van der Waals surface area (Å²) in [5.74, 6) is -0.574. The molecule has 4 rings (SSSR count). The van der Waals surface area contributed by atoms with Gasteiger partial charge in [0.1, 0.15) is 6.33 Å². The van der Waals surface area contributed by atoms with Crippen molar-refractivity contribution in [3.8, 4) is 11.8 Å². The van der Waals surface area contributed by atoms with E-state index in [1.807, 2.05) is 6.92 Å². The van der Waals surface area contributed by atoms with Gasteiger partial charge in [0.25, 0.3) is 11.8 Å². The quantitative estimate of drug-likeness (QED) is 0.499. The van der Waals surface area contributed by atoms with E-state index < -0.39 is 5.82 Å². The van der Waals surface area contributed by atoms with Crippen molar-refractivity contribution in [3.63, 3.8) is 0 Å². The Morgan fingerprint density at radius 1 is 1.26 bits per heavy atom. The summed E-state index contributed by atoms with van der Waals surface area (Å²) in [5, 5.41) is 12.5. The van der Waals surface area contributed by atoms with Gasteiger partial charge in [0, 0.05) is 30.1 Å². The van der Waals surface area contributed by atoms with E-state index in [1.54, 1.807) is 12.5 Å². The van der Waals surface area contributed by atoms with Crippen molar-refractivity contribution in [2.45, 2.75) is 53.6 Å². The minimum Gasteiger partial charge on any atom is -0.417 e. The van der Waals surface area contributed by atoms with Gasteiger partial charge in [0.15, 0.2) is 5.82 Å². The van der Waals surface area contributed by atoms with Gasteiger partial charge in [-0.2, -0.15) is 12.6 Å². The molecule has 0 bridgehead atoms. The van der Waals surface area contributed by atoms with Gasteiger partial charge in [0.05, 0.1) is 12.2 Å². The summed E-state index contributed by atoms with van der Waals surface area (Å²) in [6, 6.07) is 0. The number of aromatic nitrogens is 3. The largest absolute Gasteiger partial charge is 0.417 e. The van der Waals surface area contributed by atoms with E-state index in [2.05, 4.69) is 53.7 Å². The minimum atomic E-state index is -0.579. The third-order valence-electron chi connectivity index (χ3n) is 6.75. The molecule has 2 N–H and O–H groups in total. The van der Waals surface area contributed by atoms with Crippen molar-refractivity contribution >= 4 is 24.1 Å². The van der Waals surface area contributed by atoms with E-state index >= 15 is 4.39 Å². The Morgan fingerprint density at radius 3 is 2.69 bits per heavy atom. The van der Waals surface area contributed by atoms with Gasteiger partial charge >= 0.3 is 0 Å². The lowest BCUT2D eigenvalue weighted by molar-refractivity contribution is -0.117. The van der Waals surface area contributed by atoms with Crippen molar-refractivity contribution < 1.29 is 19.0 Å². The van der Waals surface area contributed by atoms with Crippen LogP contribution in [-0.4, -0.2) is 38.8 Å². The summed E-state index contributed by atoms with van der Waals surface area (Å²) in [7, 11) is 0. The lowest BCUT2D eigenvalue weighted by atomic mass is 9.75. The molecular weight excluding hydrogens is 467 g/mol. The fourth-order valence-corrected chi connectivity index (χ4v) is 4.54. The van der Waals surface area contributed by atoms with Gasteiger partial charge in [-0.3, -0.25) is 4.79 Å². The van der Waals surface area contributed by atoms with Gasteiger partial charge in [0.2, 0.25) is 5.88 Å². The molecule has 2 aliphatic rings. The summed E-state index contributed by atoms with van der Waals surface area (Å²) in [6.07, 6.45) is 8.05. The number of halogens is 1. The molecule has 3 heterocycles. The predicted octanol–water partition coefficient (Wildman–Crippen LogP) is 4.67. The number of ether oxygens (including phenoxy) is 1. The van der Waals surface area contributed by atoms with Crippen LogP contribution in [-0.2, 0) is 17.8 Å². The smallest absolute Gasteiger partial charge is 0.258 e. The van der Waals surface area contributed by atoms with Crippen LogP contribution in [0.25, 0.3) is 5.57 Å². The molecule has 0 spiro atoms. The number of amides is 1. The molecule has 188 valence electrons. The number of aliphatic hydroxyl groups is 1. The number of aliphatic hydroxyl groups excluding tert-OH is 1. The lowest BCUT2D eigenvalue weighted by Crippen LogP contribution is -2.37. The second-order valence-corrected chi connectivity index (χ2v) is 8.76. The second-order valence-electron chi connectivity index (χ2n) is 8.76. The number of hydrogen-bond donors (Lipinski definition) is 3. The molecule has 0 radical (unpaired) electrons. The van der Waals surface area contributed by atoms with Gasteiger partial charge in [-0.25, -0.2) is 19.3 Å². The van der Waals surface area contributed by atoms with Crippen molar-refractivity contribution in [1.82, 2.24) is 20.3 Å². The van der Waals surface area contributed by atoms with Crippen LogP contribution in [0, 0.1) is 17.7 Å². The van der Waals surface area contributed by atoms with E-state index in [4.69, 9.17) is 4.74 Å². The van der Waals surface area contributed by atoms with E-state index in [0.29, 0.717) is 36.1 Å². The first-order chi connectivity index (χ1) is 16.9. The Kier molecular flexibility index (Phi) is 9.02. The first kappa shape index (κ1) is 26.8. The molecule has 1 aliphatic heterocycles. The Hall–Kier alpha value is -2.78. The molecule has 1 aliphatic carbocycles. The number of pyridine rings is 1. The fraction of sp³-hybridized carbons (Fsp3) is 0.462. The highest BCUT2D eigenvalue weighted by Crippen LogP contribution is 2.44. The highest BCUT2D eigenvalue weighted by molar-refractivity contribution is 7.79. The number of carbonyl (C=O) groups excluding carboxylic acids is 1. The van der Waals surface area contributed by atoms with Crippen LogP contribution in [0.3, 0.4) is 0 Å². The number of nitrogens with zero attached hydrogens (tertiary/aromatic N) is 3. The van der Waals surface area contributed by atoms with Gasteiger partial charge in [-0.1, -0.05) is 26.3 Å². The number of carbonyl (C=O) groups is 1. The zero-order valence-corrected chi connectivity index (χ0v) is 21.7. The Bertz CT molecular complexity index is 1170. The molecule has 0 saturated carbocycles. The summed E-state index contributed by atoms with van der Waals surface area (Å²) in [5.41, 5.74) is 5.07. The highest BCUT2D eigenvalue weighted by atomic mass is 32.1. The number of thiol groups is 1. The molecule has 2 aromatic heterocycles. The van der Waals surface area contributed by atoms with Gasteiger partial charge in [-0.15, -0.1) is 0 Å². The molecular formula is C26H33FN4O3S. The molecule has 0 fully saturated rings. The van der Waals surface area contributed by atoms with Crippen LogP contribution in [0.15, 0.2) is 35.4 Å². The van der Waals surface area contributed by atoms with Crippen molar-refractivity contribution in [1.29, 1.82) is 0 Å². The number of aryl methyl sites for hydroxylation is 1. The Morgan fingerprint density at radius 2 is 2.00 bits per heavy atom. The number of nitrogens with one attached hydrogen (secondary N) is 1. The predicted molar refractivity (Wildman–Crippen MR) is 137 cm³/mol. The minimum absolute atomic E-state index is 0.0289. The molecule has 0 aromatic carbocycles. The average molecular weight is 501 g/mol. The topological polar surface area (TPSA) is 97.2 Å². The van der Waals surface area contributed by atoms with Gasteiger partial charge in [-0.05, 0) is 61.0 Å². The molecule has 2 atom stereocenters. The van der Waals surface area contributed by atoms with E-state index in [-0.39, 0.29) is 36.1 Å². The van der Waals surface area contributed by atoms with Crippen molar-refractivity contribution in [2.24, 2.45) is 11.8 Å². The van der Waals surface area contributed by atoms with Gasteiger partial charge < -0.3 is 15.2 Å². The van der Waals surface area contributed by atoms with Crippen LogP contribution < -0.4 is 10.1 Å². The van der Waals surface area contributed by atoms with E-state index in [1.165, 1.54) is 12.5 Å². The SMILES string of the molecule is CCC(C)C1=C(C2=C(C)C(C)CNC2=O)CCc2cnc(Oc3ncncc3CO)c(F)c21.CS.